The van der Waals surface area contributed by atoms with Gasteiger partial charge in [0.1, 0.15) is 0 Å². The van der Waals surface area contributed by atoms with Crippen LogP contribution in [-0.4, -0.2) is 53.5 Å². The molecule has 7 heteroatoms. The molecule has 0 aromatic carbocycles. The zero-order valence-electron chi connectivity index (χ0n) is 13.5. The summed E-state index contributed by atoms with van der Waals surface area (Å²) in [5.74, 6) is -0.109. The number of aromatic nitrogens is 1. The minimum atomic E-state index is -3.35. The van der Waals surface area contributed by atoms with E-state index in [2.05, 4.69) is 0 Å². The van der Waals surface area contributed by atoms with Crippen molar-refractivity contribution >= 4 is 15.9 Å². The summed E-state index contributed by atoms with van der Waals surface area (Å²) in [6.45, 7) is 2.77. The molecule has 1 fully saturated rings. The van der Waals surface area contributed by atoms with Gasteiger partial charge in [0.05, 0.1) is 19.3 Å². The maximum atomic E-state index is 12.6. The highest BCUT2D eigenvalue weighted by Crippen LogP contribution is 2.28. The molecule has 1 aliphatic carbocycles. The number of nitrogens with zero attached hydrogens (tertiary/aromatic N) is 3. The molecular formula is C15H25N3O3S. The highest BCUT2D eigenvalue weighted by Gasteiger charge is 2.34. The van der Waals surface area contributed by atoms with Crippen LogP contribution in [-0.2, 0) is 28.4 Å². The lowest BCUT2D eigenvalue weighted by molar-refractivity contribution is -0.132. The Morgan fingerprint density at radius 2 is 2.09 bits per heavy atom. The lowest BCUT2D eigenvalue weighted by Crippen LogP contribution is -2.43. The van der Waals surface area contributed by atoms with Gasteiger partial charge in [-0.05, 0) is 31.4 Å². The van der Waals surface area contributed by atoms with E-state index in [1.54, 1.807) is 0 Å². The van der Waals surface area contributed by atoms with E-state index in [1.165, 1.54) is 4.31 Å². The van der Waals surface area contributed by atoms with Gasteiger partial charge < -0.3 is 9.47 Å². The number of rotatable bonds is 8. The molecule has 0 saturated heterocycles. The van der Waals surface area contributed by atoms with Gasteiger partial charge in [0.15, 0.2) is 0 Å². The first-order chi connectivity index (χ1) is 10.3. The third kappa shape index (κ3) is 4.33. The van der Waals surface area contributed by atoms with Crippen LogP contribution in [0.25, 0.3) is 0 Å². The van der Waals surface area contributed by atoms with Gasteiger partial charge in [0.2, 0.25) is 15.9 Å². The minimum absolute atomic E-state index is 0.0619. The Bertz CT molecular complexity index is 620. The molecule has 1 aromatic rings. The van der Waals surface area contributed by atoms with Crippen molar-refractivity contribution in [1.82, 2.24) is 13.8 Å². The van der Waals surface area contributed by atoms with Crippen LogP contribution in [0.3, 0.4) is 0 Å². The molecule has 6 nitrogen and oxygen atoms in total. The molecule has 1 heterocycles. The first kappa shape index (κ1) is 17.0. The summed E-state index contributed by atoms with van der Waals surface area (Å²) in [4.78, 5) is 14.4. The molecule has 0 unspecified atom stereocenters. The van der Waals surface area contributed by atoms with Gasteiger partial charge in [-0.25, -0.2) is 8.42 Å². The third-order valence-electron chi connectivity index (χ3n) is 3.95. The van der Waals surface area contributed by atoms with Gasteiger partial charge in [-0.15, -0.1) is 0 Å². The molecule has 0 spiro atoms. The summed E-state index contributed by atoms with van der Waals surface area (Å²) in [5, 5.41) is 0. The van der Waals surface area contributed by atoms with Crippen molar-refractivity contribution in [3.63, 3.8) is 0 Å². The lowest BCUT2D eigenvalue weighted by Gasteiger charge is -2.26. The van der Waals surface area contributed by atoms with E-state index in [0.29, 0.717) is 19.5 Å². The first-order valence-corrected chi connectivity index (χ1v) is 9.52. The topological polar surface area (TPSA) is 62.6 Å². The fraction of sp³-hybridized carbons (Fsp3) is 0.667. The maximum absolute atomic E-state index is 12.6. The summed E-state index contributed by atoms with van der Waals surface area (Å²) in [5.41, 5.74) is 1.06. The van der Waals surface area contributed by atoms with Crippen LogP contribution in [0.15, 0.2) is 18.3 Å². The van der Waals surface area contributed by atoms with Crippen LogP contribution in [0, 0.1) is 0 Å². The molecule has 2 rings (SSSR count). The van der Waals surface area contributed by atoms with E-state index >= 15 is 0 Å². The number of carbonyl (C=O) groups excluding carboxylic acids is 1. The molecule has 0 radical (unpaired) electrons. The zero-order chi connectivity index (χ0) is 16.3. The maximum Gasteiger partial charge on any atom is 0.238 e. The van der Waals surface area contributed by atoms with Crippen molar-refractivity contribution < 1.29 is 13.2 Å². The lowest BCUT2D eigenvalue weighted by atomic mass is 10.3. The summed E-state index contributed by atoms with van der Waals surface area (Å²) in [6, 6.07) is 4.19. The van der Waals surface area contributed by atoms with E-state index in [0.717, 1.165) is 24.8 Å². The third-order valence-corrected chi connectivity index (χ3v) is 5.20. The summed E-state index contributed by atoms with van der Waals surface area (Å²) in [6.07, 6.45) is 5.81. The fourth-order valence-electron chi connectivity index (χ4n) is 2.50. The highest BCUT2D eigenvalue weighted by atomic mass is 32.2. The Hall–Kier alpha value is -1.34. The van der Waals surface area contributed by atoms with E-state index < -0.39 is 10.0 Å². The molecule has 1 saturated carbocycles. The second-order valence-corrected chi connectivity index (χ2v) is 7.94. The van der Waals surface area contributed by atoms with E-state index in [1.807, 2.05) is 41.8 Å². The van der Waals surface area contributed by atoms with Gasteiger partial charge in [0.25, 0.3) is 0 Å². The summed E-state index contributed by atoms with van der Waals surface area (Å²) < 4.78 is 26.8. The molecule has 1 aliphatic rings. The van der Waals surface area contributed by atoms with Crippen molar-refractivity contribution in [2.75, 3.05) is 19.3 Å². The van der Waals surface area contributed by atoms with Crippen LogP contribution >= 0.6 is 0 Å². The molecular weight excluding hydrogens is 302 g/mol. The number of amides is 1. The number of sulfonamides is 1. The zero-order valence-corrected chi connectivity index (χ0v) is 14.3. The summed E-state index contributed by atoms with van der Waals surface area (Å²) in [7, 11) is -1.40. The van der Waals surface area contributed by atoms with Gasteiger partial charge in [-0.2, -0.15) is 4.31 Å². The van der Waals surface area contributed by atoms with E-state index in [9.17, 15) is 13.2 Å². The first-order valence-electron chi connectivity index (χ1n) is 7.67. The van der Waals surface area contributed by atoms with Gasteiger partial charge in [-0.3, -0.25) is 4.79 Å². The van der Waals surface area contributed by atoms with E-state index in [4.69, 9.17) is 0 Å². The van der Waals surface area contributed by atoms with Crippen molar-refractivity contribution in [2.45, 2.75) is 38.8 Å². The van der Waals surface area contributed by atoms with E-state index in [-0.39, 0.29) is 18.5 Å². The van der Waals surface area contributed by atoms with Crippen molar-refractivity contribution in [3.8, 4) is 0 Å². The fourth-order valence-corrected chi connectivity index (χ4v) is 3.35. The number of hydrogen-bond donors (Lipinski definition) is 0. The average molecular weight is 327 g/mol. The van der Waals surface area contributed by atoms with Crippen LogP contribution < -0.4 is 0 Å². The molecule has 1 amide bonds. The molecule has 124 valence electrons. The standard InChI is InChI=1S/C15H25N3O3S/c1-4-9-17(22(3,20)21)12-15(19)18(13-7-8-13)11-14-6-5-10-16(14)2/h5-6,10,13H,4,7-9,11-12H2,1-3H3. The Kier molecular flexibility index (Phi) is 5.28. The number of hydrogen-bond acceptors (Lipinski definition) is 3. The second-order valence-electron chi connectivity index (χ2n) is 5.96. The van der Waals surface area contributed by atoms with Crippen molar-refractivity contribution in [1.29, 1.82) is 0 Å². The van der Waals surface area contributed by atoms with Crippen LogP contribution in [0.2, 0.25) is 0 Å². The average Bonchev–Trinajstić information content (AvgIpc) is 3.18. The number of carbonyl (C=O) groups is 1. The van der Waals surface area contributed by atoms with Crippen LogP contribution in [0.4, 0.5) is 0 Å². The summed E-state index contributed by atoms with van der Waals surface area (Å²) >= 11 is 0. The van der Waals surface area contributed by atoms with Crippen molar-refractivity contribution in [3.05, 3.63) is 24.0 Å². The smallest absolute Gasteiger partial charge is 0.238 e. The Morgan fingerprint density at radius 3 is 2.55 bits per heavy atom. The van der Waals surface area contributed by atoms with Gasteiger partial charge in [0, 0.05) is 31.5 Å². The normalized spacial score (nSPS) is 15.3. The molecule has 0 N–H and O–H groups in total. The molecule has 0 bridgehead atoms. The van der Waals surface area contributed by atoms with Gasteiger partial charge in [-0.1, -0.05) is 6.92 Å². The molecule has 0 aliphatic heterocycles. The Labute approximate surface area is 132 Å². The Morgan fingerprint density at radius 1 is 1.41 bits per heavy atom. The SMILES string of the molecule is CCCN(CC(=O)N(Cc1cccn1C)C1CC1)S(C)(=O)=O. The van der Waals surface area contributed by atoms with Crippen molar-refractivity contribution in [2.24, 2.45) is 7.05 Å². The Balaban J connectivity index is 2.08. The highest BCUT2D eigenvalue weighted by molar-refractivity contribution is 7.88. The van der Waals surface area contributed by atoms with Crippen LogP contribution in [0.5, 0.6) is 0 Å². The predicted molar refractivity (Wildman–Crippen MR) is 85.7 cm³/mol. The molecule has 0 atom stereocenters. The van der Waals surface area contributed by atoms with Gasteiger partial charge >= 0.3 is 0 Å². The predicted octanol–water partition coefficient (Wildman–Crippen LogP) is 1.19. The quantitative estimate of drug-likeness (QED) is 0.720. The minimum Gasteiger partial charge on any atom is -0.353 e. The molecule has 1 aromatic heterocycles. The van der Waals surface area contributed by atoms with Crippen LogP contribution in [0.1, 0.15) is 31.9 Å². The molecule has 22 heavy (non-hydrogen) atoms. The monoisotopic (exact) mass is 327 g/mol. The largest absolute Gasteiger partial charge is 0.353 e. The number of aryl methyl sites for hydroxylation is 1. The second kappa shape index (κ2) is 6.83.